The summed E-state index contributed by atoms with van der Waals surface area (Å²) in [5.74, 6) is 1.59. The maximum absolute atomic E-state index is 5.67. The third-order valence-corrected chi connectivity index (χ3v) is 3.80. The number of aryl methyl sites for hydroxylation is 1. The highest BCUT2D eigenvalue weighted by Crippen LogP contribution is 2.37. The minimum atomic E-state index is 0.590. The zero-order chi connectivity index (χ0) is 14.9. The molecule has 0 radical (unpaired) electrons. The average molecular weight is 292 g/mol. The maximum Gasteiger partial charge on any atom is 0.161 e. The molecule has 3 aromatic rings. The number of aromatic amines is 1. The van der Waals surface area contributed by atoms with Crippen LogP contribution in [0.5, 0.6) is 11.5 Å². The molecule has 0 aliphatic carbocycles. The Morgan fingerprint density at radius 3 is 2.68 bits per heavy atom. The van der Waals surface area contributed by atoms with Crippen LogP contribution in [-0.2, 0) is 0 Å². The monoisotopic (exact) mass is 292 g/mol. The van der Waals surface area contributed by atoms with Crippen LogP contribution in [0.1, 0.15) is 5.56 Å². The second-order valence-electron chi connectivity index (χ2n) is 5.39. The van der Waals surface area contributed by atoms with Crippen molar-refractivity contribution in [2.75, 3.05) is 13.2 Å². The summed E-state index contributed by atoms with van der Waals surface area (Å²) in [6.45, 7) is 3.28. The lowest BCUT2D eigenvalue weighted by Gasteiger charge is -2.18. The molecule has 0 bridgehead atoms. The fourth-order valence-corrected chi connectivity index (χ4v) is 2.74. The summed E-state index contributed by atoms with van der Waals surface area (Å²) < 4.78 is 11.2. The fraction of sp³-hybridized carbons (Fsp3) is 0.167. The van der Waals surface area contributed by atoms with Crippen LogP contribution in [0.25, 0.3) is 22.4 Å². The van der Waals surface area contributed by atoms with E-state index < -0.39 is 0 Å². The number of aromatic nitrogens is 2. The molecular formula is C18H16N2O2. The highest BCUT2D eigenvalue weighted by Gasteiger charge is 2.15. The van der Waals surface area contributed by atoms with Crippen molar-refractivity contribution in [1.82, 2.24) is 10.2 Å². The van der Waals surface area contributed by atoms with Gasteiger partial charge < -0.3 is 9.47 Å². The standard InChI is InChI=1S/C18H16N2O2/c1-12-3-2-4-14(9-12)18-15(11-19-20-18)13-5-6-16-17(10-13)22-8-7-21-16/h2-6,9-11H,7-8H2,1H3,(H,19,20). The number of benzene rings is 2. The largest absolute Gasteiger partial charge is 0.486 e. The molecule has 22 heavy (non-hydrogen) atoms. The molecule has 1 aliphatic heterocycles. The molecule has 0 fully saturated rings. The molecule has 2 heterocycles. The van der Waals surface area contributed by atoms with Gasteiger partial charge in [-0.25, -0.2) is 0 Å². The molecule has 0 saturated heterocycles. The van der Waals surface area contributed by atoms with E-state index >= 15 is 0 Å². The molecule has 0 atom stereocenters. The van der Waals surface area contributed by atoms with Gasteiger partial charge in [0.1, 0.15) is 13.2 Å². The first-order valence-electron chi connectivity index (χ1n) is 7.32. The van der Waals surface area contributed by atoms with Gasteiger partial charge in [-0.15, -0.1) is 0 Å². The SMILES string of the molecule is Cc1cccc(-c2[nH]ncc2-c2ccc3c(c2)OCCO3)c1. The van der Waals surface area contributed by atoms with E-state index in [2.05, 4.69) is 41.4 Å². The quantitative estimate of drug-likeness (QED) is 0.781. The molecule has 0 amide bonds. The number of hydrogen-bond acceptors (Lipinski definition) is 3. The van der Waals surface area contributed by atoms with Crippen LogP contribution in [0.2, 0.25) is 0 Å². The molecular weight excluding hydrogens is 276 g/mol. The number of nitrogens with one attached hydrogen (secondary N) is 1. The number of hydrogen-bond donors (Lipinski definition) is 1. The van der Waals surface area contributed by atoms with Crippen molar-refractivity contribution in [2.45, 2.75) is 6.92 Å². The molecule has 1 N–H and O–H groups in total. The zero-order valence-corrected chi connectivity index (χ0v) is 12.3. The summed E-state index contributed by atoms with van der Waals surface area (Å²) in [5, 5.41) is 7.33. The van der Waals surface area contributed by atoms with E-state index in [0.717, 1.165) is 33.9 Å². The van der Waals surface area contributed by atoms with Crippen molar-refractivity contribution in [3.8, 4) is 33.9 Å². The molecule has 4 nitrogen and oxygen atoms in total. The maximum atomic E-state index is 5.67. The van der Waals surface area contributed by atoms with Gasteiger partial charge in [0.05, 0.1) is 11.9 Å². The molecule has 4 rings (SSSR count). The van der Waals surface area contributed by atoms with Crippen molar-refractivity contribution >= 4 is 0 Å². The predicted octanol–water partition coefficient (Wildman–Crippen LogP) is 3.82. The van der Waals surface area contributed by atoms with Gasteiger partial charge in [0, 0.05) is 11.1 Å². The Bertz CT molecular complexity index is 823. The van der Waals surface area contributed by atoms with E-state index in [1.807, 2.05) is 24.4 Å². The van der Waals surface area contributed by atoms with Gasteiger partial charge in [0.25, 0.3) is 0 Å². The Hall–Kier alpha value is -2.75. The van der Waals surface area contributed by atoms with Gasteiger partial charge in [0.15, 0.2) is 11.5 Å². The van der Waals surface area contributed by atoms with Gasteiger partial charge in [-0.2, -0.15) is 5.10 Å². The Morgan fingerprint density at radius 2 is 1.82 bits per heavy atom. The fourth-order valence-electron chi connectivity index (χ4n) is 2.74. The molecule has 1 aromatic heterocycles. The van der Waals surface area contributed by atoms with E-state index in [-0.39, 0.29) is 0 Å². The lowest BCUT2D eigenvalue weighted by Crippen LogP contribution is -2.15. The molecule has 1 aliphatic rings. The molecule has 4 heteroatoms. The number of ether oxygens (including phenoxy) is 2. The van der Waals surface area contributed by atoms with Crippen LogP contribution in [0.3, 0.4) is 0 Å². The van der Waals surface area contributed by atoms with Crippen molar-refractivity contribution in [3.05, 3.63) is 54.2 Å². The van der Waals surface area contributed by atoms with Gasteiger partial charge in [-0.1, -0.05) is 29.8 Å². The van der Waals surface area contributed by atoms with Crippen LogP contribution in [0.15, 0.2) is 48.7 Å². The van der Waals surface area contributed by atoms with E-state index in [1.165, 1.54) is 5.56 Å². The smallest absolute Gasteiger partial charge is 0.161 e. The number of nitrogens with zero attached hydrogens (tertiary/aromatic N) is 1. The molecule has 0 saturated carbocycles. The first kappa shape index (κ1) is 13.0. The van der Waals surface area contributed by atoms with Gasteiger partial charge in [0.2, 0.25) is 0 Å². The third-order valence-electron chi connectivity index (χ3n) is 3.80. The summed E-state index contributed by atoms with van der Waals surface area (Å²) in [6.07, 6.45) is 1.85. The van der Waals surface area contributed by atoms with Crippen LogP contribution in [0, 0.1) is 6.92 Å². The first-order valence-corrected chi connectivity index (χ1v) is 7.32. The van der Waals surface area contributed by atoms with Crippen LogP contribution in [0.4, 0.5) is 0 Å². The van der Waals surface area contributed by atoms with E-state index in [4.69, 9.17) is 9.47 Å². The summed E-state index contributed by atoms with van der Waals surface area (Å²) in [6, 6.07) is 14.4. The second-order valence-corrected chi connectivity index (χ2v) is 5.39. The highest BCUT2D eigenvalue weighted by atomic mass is 16.6. The van der Waals surface area contributed by atoms with Gasteiger partial charge in [-0.05, 0) is 30.7 Å². The Balaban J connectivity index is 1.80. The lowest BCUT2D eigenvalue weighted by atomic mass is 10.0. The number of H-pyrrole nitrogens is 1. The summed E-state index contributed by atoms with van der Waals surface area (Å²) in [4.78, 5) is 0. The topological polar surface area (TPSA) is 47.1 Å². The van der Waals surface area contributed by atoms with E-state index in [1.54, 1.807) is 0 Å². The normalized spacial score (nSPS) is 13.1. The predicted molar refractivity (Wildman–Crippen MR) is 85.2 cm³/mol. The van der Waals surface area contributed by atoms with E-state index in [9.17, 15) is 0 Å². The zero-order valence-electron chi connectivity index (χ0n) is 12.3. The Labute approximate surface area is 128 Å². The lowest BCUT2D eigenvalue weighted by molar-refractivity contribution is 0.171. The van der Waals surface area contributed by atoms with Crippen molar-refractivity contribution in [2.24, 2.45) is 0 Å². The van der Waals surface area contributed by atoms with Gasteiger partial charge >= 0.3 is 0 Å². The average Bonchev–Trinajstić information content (AvgIpc) is 3.04. The minimum Gasteiger partial charge on any atom is -0.486 e. The summed E-state index contributed by atoms with van der Waals surface area (Å²) >= 11 is 0. The van der Waals surface area contributed by atoms with Crippen LogP contribution < -0.4 is 9.47 Å². The van der Waals surface area contributed by atoms with Crippen LogP contribution in [-0.4, -0.2) is 23.4 Å². The van der Waals surface area contributed by atoms with Crippen molar-refractivity contribution in [3.63, 3.8) is 0 Å². The van der Waals surface area contributed by atoms with E-state index in [0.29, 0.717) is 13.2 Å². The van der Waals surface area contributed by atoms with Crippen molar-refractivity contribution in [1.29, 1.82) is 0 Å². The number of fused-ring (bicyclic) bond motifs is 1. The minimum absolute atomic E-state index is 0.590. The molecule has 2 aromatic carbocycles. The van der Waals surface area contributed by atoms with Gasteiger partial charge in [-0.3, -0.25) is 5.10 Å². The third kappa shape index (κ3) is 2.22. The summed E-state index contributed by atoms with van der Waals surface area (Å²) in [7, 11) is 0. The first-order chi connectivity index (χ1) is 10.8. The Morgan fingerprint density at radius 1 is 0.955 bits per heavy atom. The molecule has 0 unspecified atom stereocenters. The summed E-state index contributed by atoms with van der Waals surface area (Å²) in [5.41, 5.74) is 5.49. The van der Waals surface area contributed by atoms with Crippen LogP contribution >= 0.6 is 0 Å². The highest BCUT2D eigenvalue weighted by molar-refractivity contribution is 5.81. The second kappa shape index (κ2) is 5.22. The molecule has 0 spiro atoms. The van der Waals surface area contributed by atoms with Crippen molar-refractivity contribution < 1.29 is 9.47 Å². The molecule has 110 valence electrons. The number of rotatable bonds is 2. The Kier molecular flexibility index (Phi) is 3.07.